The van der Waals surface area contributed by atoms with Crippen LogP contribution in [0.25, 0.3) is 0 Å². The molecule has 0 aliphatic heterocycles. The average Bonchev–Trinajstić information content (AvgIpc) is 2.75. The zero-order valence-electron chi connectivity index (χ0n) is 10.4. The minimum atomic E-state index is -1.35. The van der Waals surface area contributed by atoms with Crippen LogP contribution in [0.5, 0.6) is 0 Å². The fraction of sp³-hybridized carbons (Fsp3) is 0.846. The number of hydrogen-bond donors (Lipinski definition) is 0. The van der Waals surface area contributed by atoms with Crippen molar-refractivity contribution >= 4 is 8.32 Å². The van der Waals surface area contributed by atoms with Crippen molar-refractivity contribution in [1.29, 1.82) is 0 Å². The van der Waals surface area contributed by atoms with Gasteiger partial charge in [-0.25, -0.2) is 0 Å². The molecule has 0 saturated heterocycles. The minimum Gasteiger partial charge on any atom is -0.418 e. The van der Waals surface area contributed by atoms with Gasteiger partial charge in [-0.15, -0.1) is 0 Å². The molecular weight excluding hydrogens is 200 g/mol. The molecule has 0 heterocycles. The lowest BCUT2D eigenvalue weighted by molar-refractivity contribution is 0.315. The van der Waals surface area contributed by atoms with E-state index in [1.54, 1.807) is 0 Å². The zero-order chi connectivity index (χ0) is 10.9. The number of hydrogen-bond acceptors (Lipinski definition) is 1. The van der Waals surface area contributed by atoms with Crippen LogP contribution in [0.3, 0.4) is 0 Å². The molecule has 2 unspecified atom stereocenters. The molecule has 2 aliphatic carbocycles. The first-order valence-corrected chi connectivity index (χ1v) is 9.50. The standard InChI is InChI=1S/C13H24OSi/c1-4-14-15(2,3)10-9-13-7-5-12(11-13)6-8-13/h5,7,12H,4,6,8-11H2,1-3H3. The Morgan fingerprint density at radius 2 is 2.27 bits per heavy atom. The summed E-state index contributed by atoms with van der Waals surface area (Å²) in [5.74, 6) is 0.918. The van der Waals surface area contributed by atoms with Gasteiger partial charge < -0.3 is 4.43 Å². The third-order valence-electron chi connectivity index (χ3n) is 4.16. The van der Waals surface area contributed by atoms with Crippen LogP contribution in [-0.2, 0) is 4.43 Å². The Morgan fingerprint density at radius 3 is 2.73 bits per heavy atom. The monoisotopic (exact) mass is 224 g/mol. The van der Waals surface area contributed by atoms with Gasteiger partial charge in [-0.2, -0.15) is 0 Å². The zero-order valence-corrected chi connectivity index (χ0v) is 11.4. The summed E-state index contributed by atoms with van der Waals surface area (Å²) in [6, 6.07) is 1.33. The van der Waals surface area contributed by atoms with Crippen LogP contribution in [0.15, 0.2) is 12.2 Å². The van der Waals surface area contributed by atoms with Gasteiger partial charge in [0.2, 0.25) is 0 Å². The Kier molecular flexibility index (Phi) is 3.09. The molecule has 0 N–H and O–H groups in total. The Balaban J connectivity index is 1.85. The highest BCUT2D eigenvalue weighted by molar-refractivity contribution is 6.71. The van der Waals surface area contributed by atoms with E-state index in [1.807, 2.05) is 0 Å². The van der Waals surface area contributed by atoms with Gasteiger partial charge in [0.05, 0.1) is 0 Å². The lowest BCUT2D eigenvalue weighted by Crippen LogP contribution is -2.32. The Bertz CT molecular complexity index is 259. The fourth-order valence-corrected chi connectivity index (χ4v) is 5.20. The summed E-state index contributed by atoms with van der Waals surface area (Å²) in [6.07, 6.45) is 10.6. The molecule has 2 atom stereocenters. The van der Waals surface area contributed by atoms with Gasteiger partial charge in [-0.3, -0.25) is 0 Å². The molecule has 2 heteroatoms. The van der Waals surface area contributed by atoms with E-state index in [0.29, 0.717) is 5.41 Å². The topological polar surface area (TPSA) is 9.23 Å². The number of fused-ring (bicyclic) bond motifs is 2. The van der Waals surface area contributed by atoms with E-state index in [0.717, 1.165) is 12.5 Å². The molecule has 0 aromatic heterocycles. The van der Waals surface area contributed by atoms with Gasteiger partial charge in [-0.05, 0) is 63.1 Å². The second-order valence-corrected chi connectivity index (χ2v) is 10.2. The lowest BCUT2D eigenvalue weighted by atomic mass is 9.85. The summed E-state index contributed by atoms with van der Waals surface area (Å²) in [5.41, 5.74) is 0.589. The maximum Gasteiger partial charge on any atom is 0.186 e. The number of allylic oxidation sites excluding steroid dienone is 2. The SMILES string of the molecule is CCO[Si](C)(C)CCC12C=CC(CC1)C2. The number of rotatable bonds is 5. The van der Waals surface area contributed by atoms with E-state index in [9.17, 15) is 0 Å². The molecule has 2 aliphatic rings. The van der Waals surface area contributed by atoms with Crippen molar-refractivity contribution in [2.24, 2.45) is 11.3 Å². The Hall–Kier alpha value is -0.0831. The van der Waals surface area contributed by atoms with Gasteiger partial charge in [0.25, 0.3) is 0 Å². The van der Waals surface area contributed by atoms with Gasteiger partial charge in [0.1, 0.15) is 0 Å². The second-order valence-electron chi connectivity index (χ2n) is 5.92. The van der Waals surface area contributed by atoms with Crippen LogP contribution >= 0.6 is 0 Å². The molecule has 1 saturated carbocycles. The second kappa shape index (κ2) is 4.06. The highest BCUT2D eigenvalue weighted by atomic mass is 28.4. The van der Waals surface area contributed by atoms with E-state index in [1.165, 1.54) is 31.7 Å². The summed E-state index contributed by atoms with van der Waals surface area (Å²) < 4.78 is 5.91. The molecule has 86 valence electrons. The van der Waals surface area contributed by atoms with Crippen LogP contribution in [0.2, 0.25) is 19.1 Å². The van der Waals surface area contributed by atoms with Crippen molar-refractivity contribution < 1.29 is 4.43 Å². The Morgan fingerprint density at radius 1 is 1.47 bits per heavy atom. The predicted molar refractivity (Wildman–Crippen MR) is 67.4 cm³/mol. The van der Waals surface area contributed by atoms with Gasteiger partial charge in [0.15, 0.2) is 8.32 Å². The van der Waals surface area contributed by atoms with Crippen molar-refractivity contribution in [1.82, 2.24) is 0 Å². The molecule has 1 fully saturated rings. The van der Waals surface area contributed by atoms with E-state index in [2.05, 4.69) is 32.2 Å². The highest BCUT2D eigenvalue weighted by Gasteiger charge is 2.41. The van der Waals surface area contributed by atoms with E-state index < -0.39 is 8.32 Å². The Labute approximate surface area is 95.0 Å². The highest BCUT2D eigenvalue weighted by Crippen LogP contribution is 2.52. The molecule has 15 heavy (non-hydrogen) atoms. The largest absolute Gasteiger partial charge is 0.418 e. The summed E-state index contributed by atoms with van der Waals surface area (Å²) in [4.78, 5) is 0. The summed E-state index contributed by atoms with van der Waals surface area (Å²) in [7, 11) is -1.35. The molecule has 2 rings (SSSR count). The molecule has 0 amide bonds. The van der Waals surface area contributed by atoms with E-state index >= 15 is 0 Å². The molecule has 0 spiro atoms. The van der Waals surface area contributed by atoms with Crippen molar-refractivity contribution in [3.8, 4) is 0 Å². The van der Waals surface area contributed by atoms with Crippen molar-refractivity contribution in [2.75, 3.05) is 6.61 Å². The van der Waals surface area contributed by atoms with Gasteiger partial charge >= 0.3 is 0 Å². The predicted octanol–water partition coefficient (Wildman–Crippen LogP) is 3.97. The maximum atomic E-state index is 5.91. The summed E-state index contributed by atoms with van der Waals surface area (Å²) in [6.45, 7) is 7.73. The first-order chi connectivity index (χ1) is 7.05. The van der Waals surface area contributed by atoms with E-state index in [4.69, 9.17) is 4.43 Å². The average molecular weight is 224 g/mol. The minimum absolute atomic E-state index is 0.589. The quantitative estimate of drug-likeness (QED) is 0.507. The third kappa shape index (κ3) is 2.54. The first-order valence-electron chi connectivity index (χ1n) is 6.39. The lowest BCUT2D eigenvalue weighted by Gasteiger charge is -2.29. The smallest absolute Gasteiger partial charge is 0.186 e. The first kappa shape index (κ1) is 11.4. The molecule has 1 nitrogen and oxygen atoms in total. The molecule has 0 aromatic rings. The van der Waals surface area contributed by atoms with Gasteiger partial charge in [0, 0.05) is 6.61 Å². The molecule has 2 bridgehead atoms. The summed E-state index contributed by atoms with van der Waals surface area (Å²) >= 11 is 0. The van der Waals surface area contributed by atoms with Crippen LogP contribution in [0, 0.1) is 11.3 Å². The van der Waals surface area contributed by atoms with E-state index in [-0.39, 0.29) is 0 Å². The van der Waals surface area contributed by atoms with Crippen LogP contribution < -0.4 is 0 Å². The summed E-state index contributed by atoms with van der Waals surface area (Å²) in [5, 5.41) is 0. The van der Waals surface area contributed by atoms with Crippen molar-refractivity contribution in [2.45, 2.75) is 51.7 Å². The van der Waals surface area contributed by atoms with Crippen LogP contribution in [0.4, 0.5) is 0 Å². The van der Waals surface area contributed by atoms with Gasteiger partial charge in [-0.1, -0.05) is 12.2 Å². The fourth-order valence-electron chi connectivity index (χ4n) is 3.18. The third-order valence-corrected chi connectivity index (χ3v) is 6.69. The van der Waals surface area contributed by atoms with Crippen LogP contribution in [0.1, 0.15) is 32.6 Å². The molecule has 0 radical (unpaired) electrons. The molecular formula is C13H24OSi. The van der Waals surface area contributed by atoms with Crippen molar-refractivity contribution in [3.63, 3.8) is 0 Å². The van der Waals surface area contributed by atoms with Crippen LogP contribution in [-0.4, -0.2) is 14.9 Å². The molecule has 0 aromatic carbocycles. The normalized spacial score (nSPS) is 33.9. The van der Waals surface area contributed by atoms with Crippen molar-refractivity contribution in [3.05, 3.63) is 12.2 Å². The maximum absolute atomic E-state index is 5.91.